The number of pyridine rings is 2. The molecule has 12 heteroatoms. The molecule has 2 aromatic rings. The van der Waals surface area contributed by atoms with Crippen molar-refractivity contribution in [3.8, 4) is 0 Å². The molecule has 3 N–H and O–H groups in total. The molecular weight excluding hydrogens is 487 g/mol. The van der Waals surface area contributed by atoms with Crippen molar-refractivity contribution in [2.45, 2.75) is 57.2 Å². The Morgan fingerprint density at radius 2 is 1.92 bits per heavy atom. The van der Waals surface area contributed by atoms with E-state index in [4.69, 9.17) is 10.5 Å². The molecule has 2 fully saturated rings. The molecule has 2 aliphatic heterocycles. The van der Waals surface area contributed by atoms with Crippen LogP contribution >= 0.6 is 0 Å². The number of carbonyl (C=O) groups excluding carboxylic acids is 1. The lowest BCUT2D eigenvalue weighted by Crippen LogP contribution is -2.49. The van der Waals surface area contributed by atoms with E-state index in [1.165, 1.54) is 18.2 Å². The Kier molecular flexibility index (Phi) is 6.63. The molecule has 196 valence electrons. The number of nitrogens with one attached hydrogen (secondary N) is 1. The van der Waals surface area contributed by atoms with Crippen molar-refractivity contribution in [1.82, 2.24) is 14.7 Å². The second-order valence-electron chi connectivity index (χ2n) is 10.5. The van der Waals surface area contributed by atoms with Crippen LogP contribution in [0.4, 0.5) is 21.8 Å². The van der Waals surface area contributed by atoms with Gasteiger partial charge in [0.2, 0.25) is 0 Å². The Morgan fingerprint density at radius 3 is 2.53 bits per heavy atom. The van der Waals surface area contributed by atoms with Crippen LogP contribution in [0.2, 0.25) is 0 Å². The molecule has 0 spiro atoms. The minimum Gasteiger partial charge on any atom is -0.384 e. The number of nitrogen functional groups attached to an aromatic ring is 1. The van der Waals surface area contributed by atoms with Crippen molar-refractivity contribution < 1.29 is 22.3 Å². The Balaban J connectivity index is 1.77. The second-order valence-corrected chi connectivity index (χ2v) is 12.2. The van der Waals surface area contributed by atoms with E-state index in [0.29, 0.717) is 26.2 Å². The van der Waals surface area contributed by atoms with Gasteiger partial charge in [0.05, 0.1) is 17.8 Å². The number of sulfonamides is 1. The monoisotopic (exact) mass is 520 g/mol. The summed E-state index contributed by atoms with van der Waals surface area (Å²) in [6.07, 6.45) is 0.846. The van der Waals surface area contributed by atoms with Crippen molar-refractivity contribution in [2.75, 3.05) is 41.8 Å². The molecule has 0 bridgehead atoms. The summed E-state index contributed by atoms with van der Waals surface area (Å²) in [6.45, 7) is 11.8. The number of hydrogen-bond donors (Lipinski definition) is 2. The topological polar surface area (TPSA) is 131 Å². The number of ether oxygens (including phenoxy) is 1. The molecule has 10 nitrogen and oxygen atoms in total. The molecule has 0 saturated carbocycles. The maximum atomic E-state index is 15.5. The van der Waals surface area contributed by atoms with E-state index in [1.54, 1.807) is 4.90 Å². The summed E-state index contributed by atoms with van der Waals surface area (Å²) in [6, 6.07) is 5.14. The van der Waals surface area contributed by atoms with E-state index >= 15 is 4.39 Å². The molecule has 4 heterocycles. The maximum Gasteiger partial charge on any atom is 0.281 e. The molecule has 36 heavy (non-hydrogen) atoms. The molecule has 1 amide bonds. The highest BCUT2D eigenvalue weighted by Gasteiger charge is 2.42. The van der Waals surface area contributed by atoms with Crippen molar-refractivity contribution in [3.05, 3.63) is 35.6 Å². The van der Waals surface area contributed by atoms with Crippen LogP contribution in [0.1, 0.15) is 51.4 Å². The van der Waals surface area contributed by atoms with Crippen LogP contribution in [0.25, 0.3) is 0 Å². The van der Waals surface area contributed by atoms with E-state index in [-0.39, 0.29) is 28.9 Å². The first-order valence-electron chi connectivity index (χ1n) is 11.9. The third-order valence-corrected chi connectivity index (χ3v) is 8.33. The lowest BCUT2D eigenvalue weighted by molar-refractivity contribution is -0.0280. The molecular formula is C24H33FN6O4S. The number of amides is 1. The van der Waals surface area contributed by atoms with Gasteiger partial charge in [0.15, 0.2) is 16.7 Å². The van der Waals surface area contributed by atoms with E-state index in [9.17, 15) is 13.2 Å². The van der Waals surface area contributed by atoms with E-state index in [0.717, 1.165) is 12.5 Å². The Bertz CT molecular complexity index is 1280. The van der Waals surface area contributed by atoms with Crippen LogP contribution in [0, 0.1) is 11.7 Å². The molecule has 2 aromatic heterocycles. The zero-order valence-corrected chi connectivity index (χ0v) is 22.0. The first kappa shape index (κ1) is 26.1. The van der Waals surface area contributed by atoms with E-state index in [1.807, 2.05) is 37.3 Å². The standard InChI is InChI=1S/C24H33FN6O4S/c1-15-9-10-31(24(15,4)5)20-16(22(32)29-36(33,34)19-8-6-7-18(26)27-19)13-17(25)21(28-20)30-11-12-35-23(2,3)14-30/h6-8,13,15H,9-12,14H2,1-5H3,(H2,26,27)(H,29,32). The van der Waals surface area contributed by atoms with Gasteiger partial charge in [0, 0.05) is 25.2 Å². The summed E-state index contributed by atoms with van der Waals surface area (Å²) in [5.41, 5.74) is 4.55. The van der Waals surface area contributed by atoms with Crippen molar-refractivity contribution in [1.29, 1.82) is 0 Å². The zero-order valence-electron chi connectivity index (χ0n) is 21.2. The summed E-state index contributed by atoms with van der Waals surface area (Å²) in [7, 11) is -4.36. The number of halogens is 1. The van der Waals surface area contributed by atoms with Crippen molar-refractivity contribution in [2.24, 2.45) is 5.92 Å². The first-order valence-corrected chi connectivity index (χ1v) is 13.4. The quantitative estimate of drug-likeness (QED) is 0.611. The Morgan fingerprint density at radius 1 is 1.19 bits per heavy atom. The maximum absolute atomic E-state index is 15.5. The second kappa shape index (κ2) is 9.15. The molecule has 0 radical (unpaired) electrons. The summed E-state index contributed by atoms with van der Waals surface area (Å²) in [4.78, 5) is 25.5. The highest BCUT2D eigenvalue weighted by Crippen LogP contribution is 2.40. The number of hydrogen-bond acceptors (Lipinski definition) is 9. The molecule has 1 atom stereocenters. The van der Waals surface area contributed by atoms with Crippen LogP contribution in [0.15, 0.2) is 29.3 Å². The SMILES string of the molecule is CC1CCN(c2nc(N3CCOC(C)(C)C3)c(F)cc2C(=O)NS(=O)(=O)c2cccc(N)n2)C1(C)C. The lowest BCUT2D eigenvalue weighted by atomic mass is 9.90. The van der Waals surface area contributed by atoms with Crippen molar-refractivity contribution >= 4 is 33.4 Å². The molecule has 0 aliphatic carbocycles. The normalized spacial score (nSPS) is 21.4. The number of nitrogens with zero attached hydrogens (tertiary/aromatic N) is 4. The molecule has 2 aliphatic rings. The summed E-state index contributed by atoms with van der Waals surface area (Å²) >= 11 is 0. The van der Waals surface area contributed by atoms with Gasteiger partial charge in [-0.05, 0) is 58.2 Å². The first-order chi connectivity index (χ1) is 16.7. The number of nitrogens with two attached hydrogens (primary N) is 1. The minimum atomic E-state index is -4.36. The highest BCUT2D eigenvalue weighted by atomic mass is 32.2. The van der Waals surface area contributed by atoms with Gasteiger partial charge in [-0.1, -0.05) is 13.0 Å². The highest BCUT2D eigenvalue weighted by molar-refractivity contribution is 7.90. The van der Waals surface area contributed by atoms with Crippen LogP contribution < -0.4 is 20.3 Å². The van der Waals surface area contributed by atoms with Gasteiger partial charge in [-0.3, -0.25) is 4.79 Å². The predicted octanol–water partition coefficient (Wildman–Crippen LogP) is 2.56. The van der Waals surface area contributed by atoms with Gasteiger partial charge < -0.3 is 20.3 Å². The van der Waals surface area contributed by atoms with Crippen LogP contribution in [-0.4, -0.2) is 61.7 Å². The molecule has 4 rings (SSSR count). The van der Waals surface area contributed by atoms with Gasteiger partial charge in [-0.25, -0.2) is 19.1 Å². The number of rotatable bonds is 5. The zero-order chi connectivity index (χ0) is 26.5. The van der Waals surface area contributed by atoms with E-state index in [2.05, 4.69) is 16.9 Å². The largest absolute Gasteiger partial charge is 0.384 e. The number of carbonyl (C=O) groups is 1. The van der Waals surface area contributed by atoms with E-state index < -0.39 is 37.9 Å². The van der Waals surface area contributed by atoms with Crippen molar-refractivity contribution in [3.63, 3.8) is 0 Å². The van der Waals surface area contributed by atoms with Gasteiger partial charge in [-0.15, -0.1) is 0 Å². The Hall–Kier alpha value is -2.99. The Labute approximate surface area is 211 Å². The van der Waals surface area contributed by atoms with Crippen LogP contribution in [0.3, 0.4) is 0 Å². The fourth-order valence-corrected chi connectivity index (χ4v) is 5.62. The number of anilines is 3. The lowest BCUT2D eigenvalue weighted by Gasteiger charge is -2.40. The minimum absolute atomic E-state index is 0.00989. The molecule has 0 aromatic carbocycles. The third kappa shape index (κ3) is 4.96. The van der Waals surface area contributed by atoms with Crippen LogP contribution in [0.5, 0.6) is 0 Å². The fraction of sp³-hybridized carbons (Fsp3) is 0.542. The summed E-state index contributed by atoms with van der Waals surface area (Å²) in [5, 5.41) is -0.409. The van der Waals surface area contributed by atoms with Gasteiger partial charge in [-0.2, -0.15) is 8.42 Å². The summed E-state index contributed by atoms with van der Waals surface area (Å²) < 4.78 is 48.9. The summed E-state index contributed by atoms with van der Waals surface area (Å²) in [5.74, 6) is -1.11. The smallest absolute Gasteiger partial charge is 0.281 e. The average molecular weight is 521 g/mol. The number of morpholine rings is 1. The fourth-order valence-electron chi connectivity index (χ4n) is 4.68. The van der Waals surface area contributed by atoms with Gasteiger partial charge >= 0.3 is 0 Å². The molecule has 2 saturated heterocycles. The van der Waals surface area contributed by atoms with Gasteiger partial charge in [0.25, 0.3) is 15.9 Å². The number of aromatic nitrogens is 2. The molecule has 1 unspecified atom stereocenters. The average Bonchev–Trinajstić information content (AvgIpc) is 3.04. The third-order valence-electron chi connectivity index (χ3n) is 7.10. The van der Waals surface area contributed by atoms with Crippen LogP contribution in [-0.2, 0) is 14.8 Å². The van der Waals surface area contributed by atoms with Gasteiger partial charge in [0.1, 0.15) is 11.6 Å². The predicted molar refractivity (Wildman–Crippen MR) is 135 cm³/mol.